The number of amides is 3. The van der Waals surface area contributed by atoms with Gasteiger partial charge in [0, 0.05) is 19.1 Å². The zero-order chi connectivity index (χ0) is 14.1. The number of carbonyl (C=O) groups is 2. The van der Waals surface area contributed by atoms with Gasteiger partial charge in [0.05, 0.1) is 19.8 Å². The van der Waals surface area contributed by atoms with E-state index in [2.05, 4.69) is 10.6 Å². The molecule has 0 heterocycles. The number of urea groups is 1. The van der Waals surface area contributed by atoms with Gasteiger partial charge in [0.2, 0.25) is 5.91 Å². The van der Waals surface area contributed by atoms with Gasteiger partial charge in [-0.1, -0.05) is 12.8 Å². The molecule has 0 aromatic carbocycles. The van der Waals surface area contributed by atoms with Crippen LogP contribution < -0.4 is 10.6 Å². The summed E-state index contributed by atoms with van der Waals surface area (Å²) in [5.74, 6) is -0.433. The average molecular weight is 273 g/mol. The number of hydrogen-bond acceptors (Lipinski definition) is 5. The molecule has 1 saturated carbocycles. The highest BCUT2D eigenvalue weighted by Gasteiger charge is 2.18. The Labute approximate surface area is 113 Å². The molecule has 19 heavy (non-hydrogen) atoms. The summed E-state index contributed by atoms with van der Waals surface area (Å²) < 4.78 is 0. The van der Waals surface area contributed by atoms with Crippen molar-refractivity contribution in [3.8, 4) is 0 Å². The number of rotatable bonds is 7. The molecule has 0 spiro atoms. The largest absolute Gasteiger partial charge is 0.395 e. The Morgan fingerprint density at radius 2 is 1.68 bits per heavy atom. The fourth-order valence-electron chi connectivity index (χ4n) is 2.21. The molecule has 110 valence electrons. The van der Waals surface area contributed by atoms with E-state index in [1.165, 1.54) is 0 Å². The zero-order valence-electron chi connectivity index (χ0n) is 11.1. The maximum Gasteiger partial charge on any atom is 0.321 e. The van der Waals surface area contributed by atoms with Gasteiger partial charge in [-0.15, -0.1) is 0 Å². The molecule has 0 unspecified atom stereocenters. The first-order chi connectivity index (χ1) is 9.15. The number of hydrogen-bond donors (Lipinski definition) is 4. The summed E-state index contributed by atoms with van der Waals surface area (Å²) in [7, 11) is 0. The maximum absolute atomic E-state index is 11.6. The molecule has 1 fully saturated rings. The van der Waals surface area contributed by atoms with Crippen molar-refractivity contribution in [2.75, 3.05) is 32.8 Å². The molecule has 1 aliphatic carbocycles. The minimum Gasteiger partial charge on any atom is -0.395 e. The molecule has 0 saturated heterocycles. The van der Waals surface area contributed by atoms with Crippen LogP contribution in [0.5, 0.6) is 0 Å². The summed E-state index contributed by atoms with van der Waals surface area (Å²) >= 11 is 0. The molecule has 1 rings (SSSR count). The number of aliphatic hydroxyl groups is 2. The highest BCUT2D eigenvalue weighted by molar-refractivity contribution is 5.95. The number of aliphatic hydroxyl groups excluding tert-OH is 2. The maximum atomic E-state index is 11.6. The molecule has 3 amide bonds. The van der Waals surface area contributed by atoms with E-state index in [9.17, 15) is 9.59 Å². The fourth-order valence-corrected chi connectivity index (χ4v) is 2.21. The monoisotopic (exact) mass is 273 g/mol. The zero-order valence-corrected chi connectivity index (χ0v) is 11.1. The Bertz CT molecular complexity index is 287. The van der Waals surface area contributed by atoms with Crippen LogP contribution in [0.15, 0.2) is 0 Å². The summed E-state index contributed by atoms with van der Waals surface area (Å²) in [6.45, 7) is 0.374. The second-order valence-electron chi connectivity index (χ2n) is 4.73. The summed E-state index contributed by atoms with van der Waals surface area (Å²) in [5.41, 5.74) is 0. The van der Waals surface area contributed by atoms with Crippen molar-refractivity contribution in [2.24, 2.45) is 0 Å². The van der Waals surface area contributed by atoms with Crippen molar-refractivity contribution >= 4 is 11.9 Å². The van der Waals surface area contributed by atoms with Crippen molar-refractivity contribution in [1.82, 2.24) is 15.5 Å². The summed E-state index contributed by atoms with van der Waals surface area (Å²) in [6.07, 6.45) is 4.14. The molecule has 1 aliphatic rings. The van der Waals surface area contributed by atoms with Crippen LogP contribution in [-0.4, -0.2) is 65.9 Å². The lowest BCUT2D eigenvalue weighted by atomic mass is 10.2. The van der Waals surface area contributed by atoms with E-state index in [0.717, 1.165) is 25.7 Å². The second-order valence-corrected chi connectivity index (χ2v) is 4.73. The van der Waals surface area contributed by atoms with Crippen molar-refractivity contribution in [1.29, 1.82) is 0 Å². The van der Waals surface area contributed by atoms with Gasteiger partial charge in [-0.2, -0.15) is 0 Å². The smallest absolute Gasteiger partial charge is 0.321 e. The first-order valence-corrected chi connectivity index (χ1v) is 6.70. The molecule has 0 aliphatic heterocycles. The Balaban J connectivity index is 2.25. The standard InChI is InChI=1S/C12H23N3O4/c16-7-5-15(6-8-17)9-11(18)14-12(19)13-10-3-1-2-4-10/h10,16-17H,1-9H2,(H2,13,14,18,19). The third kappa shape index (κ3) is 6.51. The molecule has 0 aromatic rings. The number of nitrogens with one attached hydrogen (secondary N) is 2. The minimum absolute atomic E-state index is 0.0147. The molecule has 7 heteroatoms. The lowest BCUT2D eigenvalue weighted by Gasteiger charge is -2.19. The normalized spacial score (nSPS) is 15.7. The van der Waals surface area contributed by atoms with Crippen LogP contribution in [0.25, 0.3) is 0 Å². The predicted molar refractivity (Wildman–Crippen MR) is 69.5 cm³/mol. The number of imide groups is 1. The molecule has 4 N–H and O–H groups in total. The van der Waals surface area contributed by atoms with E-state index in [0.29, 0.717) is 0 Å². The minimum atomic E-state index is -0.468. The average Bonchev–Trinajstić information content (AvgIpc) is 2.81. The van der Waals surface area contributed by atoms with Crippen LogP contribution in [0.3, 0.4) is 0 Å². The molecular formula is C12H23N3O4. The van der Waals surface area contributed by atoms with E-state index >= 15 is 0 Å². The van der Waals surface area contributed by atoms with Gasteiger partial charge in [-0.3, -0.25) is 15.0 Å². The Hall–Kier alpha value is -1.18. The van der Waals surface area contributed by atoms with Crippen LogP contribution >= 0.6 is 0 Å². The SMILES string of the molecule is O=C(CN(CCO)CCO)NC(=O)NC1CCCC1. The Morgan fingerprint density at radius 1 is 1.11 bits per heavy atom. The van der Waals surface area contributed by atoms with Gasteiger partial charge in [0.25, 0.3) is 0 Å². The second kappa shape index (κ2) is 8.84. The van der Waals surface area contributed by atoms with E-state index < -0.39 is 11.9 Å². The predicted octanol–water partition coefficient (Wildman–Crippen LogP) is -0.959. The quantitative estimate of drug-likeness (QED) is 0.478. The van der Waals surface area contributed by atoms with Gasteiger partial charge >= 0.3 is 6.03 Å². The number of carbonyl (C=O) groups excluding carboxylic acids is 2. The van der Waals surface area contributed by atoms with E-state index in [-0.39, 0.29) is 38.9 Å². The molecule has 0 radical (unpaired) electrons. The topological polar surface area (TPSA) is 102 Å². The van der Waals surface area contributed by atoms with Crippen molar-refractivity contribution < 1.29 is 19.8 Å². The van der Waals surface area contributed by atoms with Gasteiger partial charge in [0.15, 0.2) is 0 Å². The summed E-state index contributed by atoms with van der Waals surface area (Å²) in [5, 5.41) is 22.6. The molecule has 0 bridgehead atoms. The molecule has 7 nitrogen and oxygen atoms in total. The Morgan fingerprint density at radius 3 is 2.21 bits per heavy atom. The summed E-state index contributed by atoms with van der Waals surface area (Å²) in [4.78, 5) is 24.7. The van der Waals surface area contributed by atoms with Crippen LogP contribution in [-0.2, 0) is 4.79 Å². The van der Waals surface area contributed by atoms with Crippen LogP contribution in [0.4, 0.5) is 4.79 Å². The Kier molecular flexibility index (Phi) is 7.39. The molecular weight excluding hydrogens is 250 g/mol. The van der Waals surface area contributed by atoms with Crippen LogP contribution in [0, 0.1) is 0 Å². The molecule has 0 aromatic heterocycles. The highest BCUT2D eigenvalue weighted by atomic mass is 16.3. The van der Waals surface area contributed by atoms with Gasteiger partial charge in [-0.25, -0.2) is 4.79 Å². The third-order valence-corrected chi connectivity index (χ3v) is 3.14. The lowest BCUT2D eigenvalue weighted by molar-refractivity contribution is -0.121. The third-order valence-electron chi connectivity index (χ3n) is 3.14. The van der Waals surface area contributed by atoms with E-state index in [1.807, 2.05) is 0 Å². The highest BCUT2D eigenvalue weighted by Crippen LogP contribution is 2.17. The summed E-state index contributed by atoms with van der Waals surface area (Å²) in [6, 6.07) is -0.302. The molecule has 0 atom stereocenters. The van der Waals surface area contributed by atoms with Crippen molar-refractivity contribution in [2.45, 2.75) is 31.7 Å². The van der Waals surface area contributed by atoms with E-state index in [4.69, 9.17) is 10.2 Å². The first kappa shape index (κ1) is 15.9. The fraction of sp³-hybridized carbons (Fsp3) is 0.833. The number of nitrogens with zero attached hydrogens (tertiary/aromatic N) is 1. The van der Waals surface area contributed by atoms with Crippen molar-refractivity contribution in [3.05, 3.63) is 0 Å². The first-order valence-electron chi connectivity index (χ1n) is 6.70. The van der Waals surface area contributed by atoms with Crippen LogP contribution in [0.2, 0.25) is 0 Å². The van der Waals surface area contributed by atoms with Gasteiger partial charge in [-0.05, 0) is 12.8 Å². The van der Waals surface area contributed by atoms with Crippen molar-refractivity contribution in [3.63, 3.8) is 0 Å². The lowest BCUT2D eigenvalue weighted by Crippen LogP contribution is -2.47. The van der Waals surface area contributed by atoms with Crippen LogP contribution in [0.1, 0.15) is 25.7 Å². The van der Waals surface area contributed by atoms with Gasteiger partial charge < -0.3 is 15.5 Å². The van der Waals surface area contributed by atoms with E-state index in [1.54, 1.807) is 4.90 Å². The van der Waals surface area contributed by atoms with Gasteiger partial charge in [0.1, 0.15) is 0 Å².